The molecule has 0 amide bonds. The summed E-state index contributed by atoms with van der Waals surface area (Å²) in [5.41, 5.74) is 5.99. The van der Waals surface area contributed by atoms with Gasteiger partial charge in [0.05, 0.1) is 0 Å². The van der Waals surface area contributed by atoms with Crippen LogP contribution in [0.4, 0.5) is 0 Å². The third-order valence-corrected chi connectivity index (χ3v) is 3.85. The van der Waals surface area contributed by atoms with Crippen LogP contribution < -0.4 is 5.73 Å². The van der Waals surface area contributed by atoms with Crippen LogP contribution in [0.1, 0.15) is 33.1 Å². The summed E-state index contributed by atoms with van der Waals surface area (Å²) in [7, 11) is 0. The summed E-state index contributed by atoms with van der Waals surface area (Å²) in [6.45, 7) is 7.24. The molecule has 3 atom stereocenters. The minimum Gasteiger partial charge on any atom is -0.328 e. The first-order valence-electron chi connectivity index (χ1n) is 5.66. The summed E-state index contributed by atoms with van der Waals surface area (Å²) in [5, 5.41) is 0. The molecule has 2 rings (SSSR count). The Balaban J connectivity index is 1.94. The molecule has 2 aliphatic rings. The average molecular weight is 182 g/mol. The molecule has 0 radical (unpaired) electrons. The van der Waals surface area contributed by atoms with Crippen LogP contribution in [0.5, 0.6) is 0 Å². The van der Waals surface area contributed by atoms with E-state index in [2.05, 4.69) is 18.7 Å². The lowest BCUT2D eigenvalue weighted by atomic mass is 9.79. The van der Waals surface area contributed by atoms with Crippen molar-refractivity contribution in [3.63, 3.8) is 0 Å². The van der Waals surface area contributed by atoms with Gasteiger partial charge in [0, 0.05) is 25.2 Å². The lowest BCUT2D eigenvalue weighted by Gasteiger charge is -2.28. The van der Waals surface area contributed by atoms with Crippen molar-refractivity contribution in [3.8, 4) is 0 Å². The van der Waals surface area contributed by atoms with Crippen LogP contribution in [0.15, 0.2) is 0 Å². The van der Waals surface area contributed by atoms with Crippen molar-refractivity contribution in [2.24, 2.45) is 17.6 Å². The summed E-state index contributed by atoms with van der Waals surface area (Å²) in [6.07, 6.45) is 3.90. The van der Waals surface area contributed by atoms with Gasteiger partial charge in [-0.1, -0.05) is 0 Å². The monoisotopic (exact) mass is 182 g/mol. The second kappa shape index (κ2) is 3.58. The Labute approximate surface area is 81.5 Å². The minimum atomic E-state index is 0.494. The molecule has 1 heterocycles. The highest BCUT2D eigenvalue weighted by molar-refractivity contribution is 4.91. The Kier molecular flexibility index (Phi) is 2.61. The second-order valence-electron chi connectivity index (χ2n) is 5.14. The van der Waals surface area contributed by atoms with Gasteiger partial charge in [-0.2, -0.15) is 0 Å². The normalized spacial score (nSPS) is 41.1. The molecular formula is C11H22N2. The van der Waals surface area contributed by atoms with E-state index in [9.17, 15) is 0 Å². The van der Waals surface area contributed by atoms with Gasteiger partial charge in [0.2, 0.25) is 0 Å². The van der Waals surface area contributed by atoms with Crippen molar-refractivity contribution < 1.29 is 0 Å². The van der Waals surface area contributed by atoms with Gasteiger partial charge in [-0.3, -0.25) is 0 Å². The van der Waals surface area contributed by atoms with Gasteiger partial charge in [-0.25, -0.2) is 0 Å². The Morgan fingerprint density at radius 2 is 1.85 bits per heavy atom. The molecule has 0 aromatic carbocycles. The molecule has 76 valence electrons. The average Bonchev–Trinajstić information content (AvgIpc) is 2.46. The zero-order valence-electron chi connectivity index (χ0n) is 8.87. The van der Waals surface area contributed by atoms with Gasteiger partial charge in [0.15, 0.2) is 0 Å². The van der Waals surface area contributed by atoms with E-state index in [1.165, 1.54) is 32.4 Å². The largest absolute Gasteiger partial charge is 0.328 e. The van der Waals surface area contributed by atoms with Crippen LogP contribution >= 0.6 is 0 Å². The number of rotatable bonds is 1. The Morgan fingerprint density at radius 3 is 2.54 bits per heavy atom. The van der Waals surface area contributed by atoms with E-state index in [-0.39, 0.29) is 0 Å². The van der Waals surface area contributed by atoms with Crippen molar-refractivity contribution >= 4 is 0 Å². The molecule has 2 fully saturated rings. The molecule has 1 aliphatic heterocycles. The Bertz CT molecular complexity index is 179. The predicted molar refractivity (Wildman–Crippen MR) is 55.5 cm³/mol. The second-order valence-corrected chi connectivity index (χ2v) is 5.14. The number of likely N-dealkylation sites (tertiary alicyclic amines) is 1. The molecule has 3 unspecified atom stereocenters. The van der Waals surface area contributed by atoms with Crippen molar-refractivity contribution in [2.75, 3.05) is 13.1 Å². The summed E-state index contributed by atoms with van der Waals surface area (Å²) < 4.78 is 0. The third kappa shape index (κ3) is 1.89. The molecule has 2 heteroatoms. The van der Waals surface area contributed by atoms with E-state index >= 15 is 0 Å². The van der Waals surface area contributed by atoms with Crippen molar-refractivity contribution in [2.45, 2.75) is 45.2 Å². The zero-order valence-corrected chi connectivity index (χ0v) is 8.87. The van der Waals surface area contributed by atoms with Crippen LogP contribution in [-0.4, -0.2) is 30.1 Å². The van der Waals surface area contributed by atoms with Crippen LogP contribution in [0, 0.1) is 11.8 Å². The quantitative estimate of drug-likeness (QED) is 0.665. The molecule has 0 bridgehead atoms. The maximum absolute atomic E-state index is 5.99. The fourth-order valence-electron chi connectivity index (χ4n) is 2.93. The fraction of sp³-hybridized carbons (Fsp3) is 1.00. The molecule has 13 heavy (non-hydrogen) atoms. The number of nitrogens with two attached hydrogens (primary N) is 1. The van der Waals surface area contributed by atoms with Crippen LogP contribution in [-0.2, 0) is 0 Å². The van der Waals surface area contributed by atoms with E-state index in [4.69, 9.17) is 5.73 Å². The Hall–Kier alpha value is -0.0800. The molecule has 0 aromatic rings. The van der Waals surface area contributed by atoms with Gasteiger partial charge >= 0.3 is 0 Å². The maximum atomic E-state index is 5.99. The Morgan fingerprint density at radius 1 is 1.15 bits per heavy atom. The molecule has 1 aliphatic carbocycles. The first kappa shape index (κ1) is 9.47. The van der Waals surface area contributed by atoms with E-state index < -0.39 is 0 Å². The molecule has 0 aromatic heterocycles. The SMILES string of the molecule is CC(C)N1CC2CCC(N)CC2C1. The number of fused-ring (bicyclic) bond motifs is 1. The van der Waals surface area contributed by atoms with Gasteiger partial charge in [0.25, 0.3) is 0 Å². The number of hydrogen-bond donors (Lipinski definition) is 1. The third-order valence-electron chi connectivity index (χ3n) is 3.85. The molecule has 2 nitrogen and oxygen atoms in total. The van der Waals surface area contributed by atoms with Crippen molar-refractivity contribution in [1.29, 1.82) is 0 Å². The molecular weight excluding hydrogens is 160 g/mol. The zero-order chi connectivity index (χ0) is 9.42. The van der Waals surface area contributed by atoms with Gasteiger partial charge in [0.1, 0.15) is 0 Å². The first-order chi connectivity index (χ1) is 6.16. The molecule has 1 saturated carbocycles. The first-order valence-corrected chi connectivity index (χ1v) is 5.66. The van der Waals surface area contributed by atoms with E-state index in [0.29, 0.717) is 6.04 Å². The summed E-state index contributed by atoms with van der Waals surface area (Å²) in [6, 6.07) is 1.22. The van der Waals surface area contributed by atoms with Crippen LogP contribution in [0.3, 0.4) is 0 Å². The van der Waals surface area contributed by atoms with Crippen LogP contribution in [0.25, 0.3) is 0 Å². The molecule has 0 spiro atoms. The van der Waals surface area contributed by atoms with E-state index in [1.807, 2.05) is 0 Å². The number of nitrogens with zero attached hydrogens (tertiary/aromatic N) is 1. The predicted octanol–water partition coefficient (Wildman–Crippen LogP) is 1.45. The summed E-state index contributed by atoms with van der Waals surface area (Å²) >= 11 is 0. The van der Waals surface area contributed by atoms with E-state index in [1.54, 1.807) is 0 Å². The van der Waals surface area contributed by atoms with Gasteiger partial charge in [-0.05, 0) is 44.9 Å². The highest BCUT2D eigenvalue weighted by atomic mass is 15.2. The smallest absolute Gasteiger partial charge is 0.00421 e. The summed E-state index contributed by atoms with van der Waals surface area (Å²) in [5.74, 6) is 1.87. The highest BCUT2D eigenvalue weighted by Crippen LogP contribution is 2.36. The lowest BCUT2D eigenvalue weighted by molar-refractivity contribution is 0.261. The van der Waals surface area contributed by atoms with Crippen molar-refractivity contribution in [3.05, 3.63) is 0 Å². The minimum absolute atomic E-state index is 0.494. The lowest BCUT2D eigenvalue weighted by Crippen LogP contribution is -2.32. The van der Waals surface area contributed by atoms with Crippen LogP contribution in [0.2, 0.25) is 0 Å². The molecule has 2 N–H and O–H groups in total. The van der Waals surface area contributed by atoms with Gasteiger partial charge < -0.3 is 10.6 Å². The summed E-state index contributed by atoms with van der Waals surface area (Å²) in [4.78, 5) is 2.62. The highest BCUT2D eigenvalue weighted by Gasteiger charge is 2.37. The standard InChI is InChI=1S/C11H22N2/c1-8(2)13-6-9-3-4-11(12)5-10(9)7-13/h8-11H,3-7,12H2,1-2H3. The maximum Gasteiger partial charge on any atom is 0.00421 e. The van der Waals surface area contributed by atoms with Gasteiger partial charge in [-0.15, -0.1) is 0 Å². The topological polar surface area (TPSA) is 29.3 Å². The van der Waals surface area contributed by atoms with Crippen molar-refractivity contribution in [1.82, 2.24) is 4.90 Å². The van der Waals surface area contributed by atoms with E-state index in [0.717, 1.165) is 17.9 Å². The molecule has 1 saturated heterocycles. The number of hydrogen-bond acceptors (Lipinski definition) is 2. The fourth-order valence-corrected chi connectivity index (χ4v) is 2.93.